The standard InChI is InChI=1S/C19H26N2S/c1-15(2)21-10-8-18(9-11-21)20-13-19-12-17(14-22-19)16-6-4-3-5-7-16/h3-7,12,14-15,18,20H,8-11,13H2,1-2H3. The molecule has 118 valence electrons. The summed E-state index contributed by atoms with van der Waals surface area (Å²) < 4.78 is 0. The molecule has 1 aromatic heterocycles. The highest BCUT2D eigenvalue weighted by molar-refractivity contribution is 7.10. The number of nitrogens with zero attached hydrogens (tertiary/aromatic N) is 1. The Bertz CT molecular complexity index is 568. The van der Waals surface area contributed by atoms with Crippen molar-refractivity contribution in [2.75, 3.05) is 13.1 Å². The van der Waals surface area contributed by atoms with E-state index < -0.39 is 0 Å². The van der Waals surface area contributed by atoms with Gasteiger partial charge in [0, 0.05) is 23.5 Å². The minimum absolute atomic E-state index is 0.678. The highest BCUT2D eigenvalue weighted by Crippen LogP contribution is 2.25. The number of hydrogen-bond acceptors (Lipinski definition) is 3. The first kappa shape index (κ1) is 15.7. The van der Waals surface area contributed by atoms with E-state index in [9.17, 15) is 0 Å². The Balaban J connectivity index is 1.50. The van der Waals surface area contributed by atoms with E-state index in [1.165, 1.54) is 41.9 Å². The second kappa shape index (κ2) is 7.40. The van der Waals surface area contributed by atoms with E-state index in [0.717, 1.165) is 6.54 Å². The lowest BCUT2D eigenvalue weighted by atomic mass is 10.0. The molecule has 0 unspecified atom stereocenters. The molecule has 1 aliphatic rings. The highest BCUT2D eigenvalue weighted by Gasteiger charge is 2.20. The fourth-order valence-electron chi connectivity index (χ4n) is 3.12. The molecule has 0 saturated carbocycles. The van der Waals surface area contributed by atoms with Crippen LogP contribution in [0.5, 0.6) is 0 Å². The van der Waals surface area contributed by atoms with Crippen LogP contribution < -0.4 is 5.32 Å². The van der Waals surface area contributed by atoms with Crippen molar-refractivity contribution in [3.8, 4) is 11.1 Å². The van der Waals surface area contributed by atoms with Gasteiger partial charge in [0.05, 0.1) is 0 Å². The molecule has 0 spiro atoms. The van der Waals surface area contributed by atoms with Crippen LogP contribution in [0.2, 0.25) is 0 Å². The summed E-state index contributed by atoms with van der Waals surface area (Å²) in [4.78, 5) is 4.02. The third kappa shape index (κ3) is 3.97. The summed E-state index contributed by atoms with van der Waals surface area (Å²) in [6.45, 7) is 8.06. The first-order chi connectivity index (χ1) is 10.7. The van der Waals surface area contributed by atoms with E-state index >= 15 is 0 Å². The topological polar surface area (TPSA) is 15.3 Å². The Kier molecular flexibility index (Phi) is 5.29. The van der Waals surface area contributed by atoms with Crippen molar-refractivity contribution >= 4 is 11.3 Å². The normalized spacial score (nSPS) is 17.2. The van der Waals surface area contributed by atoms with Crippen LogP contribution >= 0.6 is 11.3 Å². The molecular weight excluding hydrogens is 288 g/mol. The molecule has 22 heavy (non-hydrogen) atoms. The lowest BCUT2D eigenvalue weighted by Crippen LogP contribution is -2.44. The van der Waals surface area contributed by atoms with Crippen molar-refractivity contribution in [3.63, 3.8) is 0 Å². The minimum atomic E-state index is 0.678. The third-order valence-electron chi connectivity index (χ3n) is 4.59. The molecule has 1 aromatic carbocycles. The zero-order chi connectivity index (χ0) is 15.4. The molecule has 3 heteroatoms. The molecule has 0 atom stereocenters. The van der Waals surface area contributed by atoms with Crippen LogP contribution in [0.15, 0.2) is 41.8 Å². The summed E-state index contributed by atoms with van der Waals surface area (Å²) in [5, 5.41) is 6.02. The molecule has 3 rings (SSSR count). The molecule has 1 aliphatic heterocycles. The summed E-state index contributed by atoms with van der Waals surface area (Å²) in [6, 6.07) is 14.3. The van der Waals surface area contributed by atoms with Crippen molar-refractivity contribution < 1.29 is 0 Å². The van der Waals surface area contributed by atoms with Crippen molar-refractivity contribution in [3.05, 3.63) is 46.7 Å². The number of likely N-dealkylation sites (tertiary alicyclic amines) is 1. The number of benzene rings is 1. The van der Waals surface area contributed by atoms with E-state index in [1.807, 2.05) is 11.3 Å². The van der Waals surface area contributed by atoms with Crippen LogP contribution in [-0.4, -0.2) is 30.1 Å². The van der Waals surface area contributed by atoms with E-state index in [-0.39, 0.29) is 0 Å². The second-order valence-corrected chi connectivity index (χ2v) is 7.45. The minimum Gasteiger partial charge on any atom is -0.309 e. The zero-order valence-electron chi connectivity index (χ0n) is 13.6. The fourth-order valence-corrected chi connectivity index (χ4v) is 3.96. The summed E-state index contributed by atoms with van der Waals surface area (Å²) in [6.07, 6.45) is 2.55. The quantitative estimate of drug-likeness (QED) is 0.881. The van der Waals surface area contributed by atoms with Crippen molar-refractivity contribution in [2.45, 2.75) is 45.3 Å². The second-order valence-electron chi connectivity index (χ2n) is 6.45. The Labute approximate surface area is 138 Å². The molecule has 2 nitrogen and oxygen atoms in total. The first-order valence-corrected chi connectivity index (χ1v) is 9.20. The number of nitrogens with one attached hydrogen (secondary N) is 1. The van der Waals surface area contributed by atoms with E-state index in [2.05, 4.69) is 65.8 Å². The third-order valence-corrected chi connectivity index (χ3v) is 5.52. The van der Waals surface area contributed by atoms with Gasteiger partial charge in [0.1, 0.15) is 0 Å². The van der Waals surface area contributed by atoms with Gasteiger partial charge >= 0.3 is 0 Å². The predicted molar refractivity (Wildman–Crippen MR) is 96.3 cm³/mol. The maximum atomic E-state index is 3.75. The van der Waals surface area contributed by atoms with Crippen LogP contribution in [-0.2, 0) is 6.54 Å². The average Bonchev–Trinajstić information content (AvgIpc) is 3.03. The number of hydrogen-bond donors (Lipinski definition) is 1. The van der Waals surface area contributed by atoms with Gasteiger partial charge in [-0.15, -0.1) is 11.3 Å². The van der Waals surface area contributed by atoms with Gasteiger partial charge in [0.25, 0.3) is 0 Å². The van der Waals surface area contributed by atoms with Gasteiger partial charge in [-0.3, -0.25) is 0 Å². The SMILES string of the molecule is CC(C)N1CCC(NCc2cc(-c3ccccc3)cs2)CC1. The van der Waals surface area contributed by atoms with Gasteiger partial charge in [-0.2, -0.15) is 0 Å². The van der Waals surface area contributed by atoms with Crippen LogP contribution in [0.3, 0.4) is 0 Å². The average molecular weight is 314 g/mol. The Morgan fingerprint density at radius 3 is 2.55 bits per heavy atom. The van der Waals surface area contributed by atoms with Crippen molar-refractivity contribution in [1.82, 2.24) is 10.2 Å². The first-order valence-electron chi connectivity index (χ1n) is 8.32. The van der Waals surface area contributed by atoms with Gasteiger partial charge in [-0.25, -0.2) is 0 Å². The summed E-state index contributed by atoms with van der Waals surface area (Å²) in [5.41, 5.74) is 2.66. The number of piperidine rings is 1. The zero-order valence-corrected chi connectivity index (χ0v) is 14.4. The van der Waals surface area contributed by atoms with Crippen molar-refractivity contribution in [1.29, 1.82) is 0 Å². The number of thiophene rings is 1. The van der Waals surface area contributed by atoms with E-state index in [1.54, 1.807) is 0 Å². The monoisotopic (exact) mass is 314 g/mol. The summed E-state index contributed by atoms with van der Waals surface area (Å²) >= 11 is 1.87. The lowest BCUT2D eigenvalue weighted by molar-refractivity contribution is 0.161. The van der Waals surface area contributed by atoms with Gasteiger partial charge in [-0.1, -0.05) is 30.3 Å². The molecule has 0 aliphatic carbocycles. The van der Waals surface area contributed by atoms with Crippen LogP contribution in [0.4, 0.5) is 0 Å². The smallest absolute Gasteiger partial charge is 0.0302 e. The molecule has 2 aromatic rings. The summed E-state index contributed by atoms with van der Waals surface area (Å²) in [7, 11) is 0. The maximum Gasteiger partial charge on any atom is 0.0302 e. The molecule has 2 heterocycles. The van der Waals surface area contributed by atoms with Gasteiger partial charge in [-0.05, 0) is 62.4 Å². The molecule has 0 radical (unpaired) electrons. The molecular formula is C19H26N2S. The molecule has 1 saturated heterocycles. The largest absolute Gasteiger partial charge is 0.309 e. The van der Waals surface area contributed by atoms with Crippen molar-refractivity contribution in [2.24, 2.45) is 0 Å². The van der Waals surface area contributed by atoms with Gasteiger partial charge in [0.15, 0.2) is 0 Å². The highest BCUT2D eigenvalue weighted by atomic mass is 32.1. The Morgan fingerprint density at radius 2 is 1.86 bits per heavy atom. The number of rotatable bonds is 5. The molecule has 0 bridgehead atoms. The van der Waals surface area contributed by atoms with Crippen LogP contribution in [0.25, 0.3) is 11.1 Å². The van der Waals surface area contributed by atoms with Gasteiger partial charge < -0.3 is 10.2 Å². The molecule has 0 amide bonds. The maximum absolute atomic E-state index is 3.75. The summed E-state index contributed by atoms with van der Waals surface area (Å²) in [5.74, 6) is 0. The Hall–Kier alpha value is -1.16. The predicted octanol–water partition coefficient (Wildman–Crippen LogP) is 4.38. The molecule has 1 fully saturated rings. The fraction of sp³-hybridized carbons (Fsp3) is 0.474. The van der Waals surface area contributed by atoms with Crippen LogP contribution in [0.1, 0.15) is 31.6 Å². The Morgan fingerprint density at radius 1 is 1.14 bits per heavy atom. The van der Waals surface area contributed by atoms with E-state index in [0.29, 0.717) is 12.1 Å². The van der Waals surface area contributed by atoms with E-state index in [4.69, 9.17) is 0 Å². The molecule has 1 N–H and O–H groups in total. The van der Waals surface area contributed by atoms with Gasteiger partial charge in [0.2, 0.25) is 0 Å². The van der Waals surface area contributed by atoms with Crippen LogP contribution in [0, 0.1) is 0 Å². The lowest BCUT2D eigenvalue weighted by Gasteiger charge is -2.34.